The summed E-state index contributed by atoms with van der Waals surface area (Å²) in [6.07, 6.45) is 0.943. The van der Waals surface area contributed by atoms with Crippen LogP contribution >= 0.6 is 11.8 Å². The summed E-state index contributed by atoms with van der Waals surface area (Å²) in [6, 6.07) is 0.148. The first-order chi connectivity index (χ1) is 4.76. The summed E-state index contributed by atoms with van der Waals surface area (Å²) < 4.78 is 0. The molecule has 0 bridgehead atoms. The number of nitrogens with two attached hydrogens (primary N) is 1. The van der Waals surface area contributed by atoms with Crippen molar-refractivity contribution in [2.75, 3.05) is 12.4 Å². The number of hydrogen-bond donors (Lipinski definition) is 2. The lowest BCUT2D eigenvalue weighted by atomic mass is 10.2. The van der Waals surface area contributed by atoms with Crippen molar-refractivity contribution >= 4 is 11.8 Å². The lowest BCUT2D eigenvalue weighted by Crippen LogP contribution is -2.34. The zero-order chi connectivity index (χ0) is 7.98. The van der Waals surface area contributed by atoms with E-state index in [-0.39, 0.29) is 17.9 Å². The highest BCUT2D eigenvalue weighted by atomic mass is 32.2. The monoisotopic (exact) mass is 163 g/mol. The molecule has 0 rings (SSSR count). The molecule has 10 heavy (non-hydrogen) atoms. The van der Waals surface area contributed by atoms with Crippen LogP contribution in [0.25, 0.3) is 0 Å². The number of aliphatic hydroxyl groups is 1. The van der Waals surface area contributed by atoms with Crippen LogP contribution in [0.2, 0.25) is 0 Å². The molecule has 62 valence electrons. The van der Waals surface area contributed by atoms with E-state index in [0.29, 0.717) is 0 Å². The zero-order valence-corrected chi connectivity index (χ0v) is 7.53. The van der Waals surface area contributed by atoms with E-state index in [0.717, 1.165) is 12.2 Å². The zero-order valence-electron chi connectivity index (χ0n) is 6.71. The van der Waals surface area contributed by atoms with E-state index >= 15 is 0 Å². The second-order valence-corrected chi connectivity index (χ2v) is 3.76. The van der Waals surface area contributed by atoms with Crippen LogP contribution in [0.5, 0.6) is 0 Å². The summed E-state index contributed by atoms with van der Waals surface area (Å²) in [6.45, 7) is 4.33. The maximum Gasteiger partial charge on any atom is 0.0565 e. The van der Waals surface area contributed by atoms with E-state index in [1.807, 2.05) is 6.92 Å². The van der Waals surface area contributed by atoms with Gasteiger partial charge in [-0.3, -0.25) is 0 Å². The lowest BCUT2D eigenvalue weighted by Gasteiger charge is -2.18. The van der Waals surface area contributed by atoms with Gasteiger partial charge in [0, 0.05) is 11.3 Å². The van der Waals surface area contributed by atoms with Gasteiger partial charge in [0.1, 0.15) is 0 Å². The Morgan fingerprint density at radius 2 is 2.10 bits per heavy atom. The average Bonchev–Trinajstić information content (AvgIpc) is 1.99. The molecule has 2 nitrogen and oxygen atoms in total. The van der Waals surface area contributed by atoms with Crippen molar-refractivity contribution < 1.29 is 5.11 Å². The van der Waals surface area contributed by atoms with E-state index in [1.54, 1.807) is 11.8 Å². The highest BCUT2D eigenvalue weighted by Gasteiger charge is 2.13. The molecule has 0 fully saturated rings. The predicted molar refractivity (Wildman–Crippen MR) is 47.3 cm³/mol. The minimum atomic E-state index is 0.148. The molecule has 0 amide bonds. The molecule has 0 aromatic rings. The summed E-state index contributed by atoms with van der Waals surface area (Å²) in [4.78, 5) is 0. The first kappa shape index (κ1) is 10.3. The molecular weight excluding hydrogens is 146 g/mol. The summed E-state index contributed by atoms with van der Waals surface area (Å²) >= 11 is 1.73. The fourth-order valence-corrected chi connectivity index (χ4v) is 1.76. The van der Waals surface area contributed by atoms with Gasteiger partial charge < -0.3 is 10.8 Å². The van der Waals surface area contributed by atoms with E-state index in [4.69, 9.17) is 10.8 Å². The van der Waals surface area contributed by atoms with E-state index < -0.39 is 0 Å². The summed E-state index contributed by atoms with van der Waals surface area (Å²) in [5.41, 5.74) is 5.73. The van der Waals surface area contributed by atoms with E-state index in [2.05, 4.69) is 6.92 Å². The Kier molecular flexibility index (Phi) is 6.17. The molecule has 2 atom stereocenters. The lowest BCUT2D eigenvalue weighted by molar-refractivity contribution is 0.281. The van der Waals surface area contributed by atoms with Crippen molar-refractivity contribution in [2.24, 2.45) is 5.73 Å². The maximum absolute atomic E-state index is 8.86. The molecule has 0 heterocycles. The van der Waals surface area contributed by atoms with Crippen molar-refractivity contribution in [1.29, 1.82) is 0 Å². The third-order valence-corrected chi connectivity index (χ3v) is 2.77. The largest absolute Gasteiger partial charge is 0.395 e. The van der Waals surface area contributed by atoms with Crippen LogP contribution in [0.4, 0.5) is 0 Å². The number of thioether (sulfide) groups is 1. The Morgan fingerprint density at radius 1 is 1.50 bits per heavy atom. The van der Waals surface area contributed by atoms with Gasteiger partial charge in [0.2, 0.25) is 0 Å². The summed E-state index contributed by atoms with van der Waals surface area (Å²) in [5, 5.41) is 9.09. The SMILES string of the molecule is CCSC(CO)C(N)CC. The fourth-order valence-electron chi connectivity index (χ4n) is 0.789. The van der Waals surface area contributed by atoms with Crippen LogP contribution in [0.3, 0.4) is 0 Å². The molecular formula is C7H17NOS. The van der Waals surface area contributed by atoms with Gasteiger partial charge in [0.15, 0.2) is 0 Å². The molecule has 0 saturated heterocycles. The van der Waals surface area contributed by atoms with Crippen LogP contribution < -0.4 is 5.73 Å². The van der Waals surface area contributed by atoms with E-state index in [1.165, 1.54) is 0 Å². The van der Waals surface area contributed by atoms with Gasteiger partial charge in [-0.15, -0.1) is 0 Å². The Bertz CT molecular complexity index is 80.0. The molecule has 0 aliphatic heterocycles. The molecule has 0 aliphatic rings. The van der Waals surface area contributed by atoms with Crippen LogP contribution in [-0.2, 0) is 0 Å². The molecule has 2 unspecified atom stereocenters. The van der Waals surface area contributed by atoms with Gasteiger partial charge >= 0.3 is 0 Å². The highest BCUT2D eigenvalue weighted by molar-refractivity contribution is 7.99. The van der Waals surface area contributed by atoms with Crippen molar-refractivity contribution in [3.8, 4) is 0 Å². The normalized spacial score (nSPS) is 16.8. The van der Waals surface area contributed by atoms with Crippen LogP contribution in [-0.4, -0.2) is 28.8 Å². The Balaban J connectivity index is 3.56. The van der Waals surface area contributed by atoms with Gasteiger partial charge in [-0.25, -0.2) is 0 Å². The Labute approximate surface area is 67.2 Å². The molecule has 3 N–H and O–H groups in total. The number of aliphatic hydroxyl groups excluding tert-OH is 1. The fraction of sp³-hybridized carbons (Fsp3) is 1.00. The molecule has 0 aromatic heterocycles. The van der Waals surface area contributed by atoms with Gasteiger partial charge in [-0.1, -0.05) is 13.8 Å². The van der Waals surface area contributed by atoms with E-state index in [9.17, 15) is 0 Å². The second kappa shape index (κ2) is 6.01. The Morgan fingerprint density at radius 3 is 2.40 bits per heavy atom. The van der Waals surface area contributed by atoms with Crippen LogP contribution in [0, 0.1) is 0 Å². The topological polar surface area (TPSA) is 46.2 Å². The highest BCUT2D eigenvalue weighted by Crippen LogP contribution is 2.13. The third kappa shape index (κ3) is 3.44. The quantitative estimate of drug-likeness (QED) is 0.631. The molecule has 3 heteroatoms. The summed E-state index contributed by atoms with van der Waals surface area (Å²) in [7, 11) is 0. The minimum absolute atomic E-state index is 0.148. The van der Waals surface area contributed by atoms with Gasteiger partial charge in [-0.2, -0.15) is 11.8 Å². The standard InChI is InChI=1S/C7H17NOS/c1-3-6(8)7(5-9)10-4-2/h6-7,9H,3-5,8H2,1-2H3. The first-order valence-corrected chi connectivity index (χ1v) is 4.79. The maximum atomic E-state index is 8.86. The smallest absolute Gasteiger partial charge is 0.0565 e. The van der Waals surface area contributed by atoms with Gasteiger partial charge in [-0.05, 0) is 12.2 Å². The van der Waals surface area contributed by atoms with Crippen molar-refractivity contribution in [3.63, 3.8) is 0 Å². The average molecular weight is 163 g/mol. The van der Waals surface area contributed by atoms with Gasteiger partial charge in [0.05, 0.1) is 6.61 Å². The number of hydrogen-bond acceptors (Lipinski definition) is 3. The second-order valence-electron chi connectivity index (χ2n) is 2.25. The van der Waals surface area contributed by atoms with Crippen molar-refractivity contribution in [1.82, 2.24) is 0 Å². The molecule has 0 aromatic carbocycles. The first-order valence-electron chi connectivity index (χ1n) is 3.74. The molecule has 0 radical (unpaired) electrons. The molecule has 0 spiro atoms. The van der Waals surface area contributed by atoms with Crippen LogP contribution in [0.1, 0.15) is 20.3 Å². The molecule has 0 saturated carbocycles. The third-order valence-electron chi connectivity index (χ3n) is 1.51. The van der Waals surface area contributed by atoms with Crippen molar-refractivity contribution in [2.45, 2.75) is 31.6 Å². The Hall–Kier alpha value is 0.270. The summed E-state index contributed by atoms with van der Waals surface area (Å²) in [5.74, 6) is 1.03. The predicted octanol–water partition coefficient (Wildman–Crippen LogP) is 0.838. The van der Waals surface area contributed by atoms with Crippen molar-refractivity contribution in [3.05, 3.63) is 0 Å². The minimum Gasteiger partial charge on any atom is -0.395 e. The van der Waals surface area contributed by atoms with Gasteiger partial charge in [0.25, 0.3) is 0 Å². The van der Waals surface area contributed by atoms with Crippen LogP contribution in [0.15, 0.2) is 0 Å². The molecule has 0 aliphatic carbocycles. The number of rotatable bonds is 5.